The zero-order valence-corrected chi connectivity index (χ0v) is 18.4. The molecule has 0 bridgehead atoms. The first kappa shape index (κ1) is 19.9. The number of piperazine rings is 1. The molecule has 3 heterocycles. The van der Waals surface area contributed by atoms with Crippen molar-refractivity contribution in [2.45, 2.75) is 20.8 Å². The second-order valence-corrected chi connectivity index (χ2v) is 8.61. The fourth-order valence-corrected chi connectivity index (χ4v) is 4.78. The number of rotatable bonds is 6. The second-order valence-electron chi connectivity index (χ2n) is 7.41. The van der Waals surface area contributed by atoms with Crippen molar-refractivity contribution in [3.05, 3.63) is 40.5 Å². The van der Waals surface area contributed by atoms with Crippen LogP contribution in [-0.2, 0) is 0 Å². The lowest BCUT2D eigenvalue weighted by Gasteiger charge is -2.35. The minimum absolute atomic E-state index is 0.687. The normalized spacial score (nSPS) is 15.1. The molecule has 0 radical (unpaired) electrons. The van der Waals surface area contributed by atoms with Crippen LogP contribution in [0, 0.1) is 20.8 Å². The third-order valence-electron chi connectivity index (χ3n) is 5.53. The molecule has 2 aromatic heterocycles. The smallest absolute Gasteiger partial charge is 0.141 e. The largest absolute Gasteiger partial charge is 0.497 e. The minimum Gasteiger partial charge on any atom is -0.497 e. The predicted octanol–water partition coefficient (Wildman–Crippen LogP) is 3.83. The van der Waals surface area contributed by atoms with Gasteiger partial charge >= 0.3 is 0 Å². The van der Waals surface area contributed by atoms with Crippen LogP contribution in [0.4, 0.5) is 5.82 Å². The molecule has 0 unspecified atom stereocenters. The van der Waals surface area contributed by atoms with Crippen molar-refractivity contribution in [1.82, 2.24) is 14.9 Å². The molecule has 154 valence electrons. The Bertz CT molecular complexity index is 979. The van der Waals surface area contributed by atoms with Crippen LogP contribution in [-0.4, -0.2) is 61.3 Å². The molecule has 0 aliphatic carbocycles. The molecule has 0 N–H and O–H groups in total. The topological polar surface area (TPSA) is 50.7 Å². The van der Waals surface area contributed by atoms with Gasteiger partial charge in [0.1, 0.15) is 34.6 Å². The molecule has 4 rings (SSSR count). The number of aryl methyl sites for hydroxylation is 3. The van der Waals surface area contributed by atoms with Crippen molar-refractivity contribution >= 4 is 27.4 Å². The molecule has 1 fully saturated rings. The molecule has 6 nitrogen and oxygen atoms in total. The van der Waals surface area contributed by atoms with Crippen LogP contribution < -0.4 is 14.4 Å². The fraction of sp³-hybridized carbons (Fsp3) is 0.455. The minimum atomic E-state index is 0.687. The van der Waals surface area contributed by atoms with E-state index >= 15 is 0 Å². The standard InChI is InChI=1S/C22H28N4O2S/c1-15-16(2)29-22-20(15)21(23-17(3)24-22)26-11-9-25(10-12-26)13-14-28-19-7-5-18(27-4)6-8-19/h5-8H,9-14H2,1-4H3. The Hall–Kier alpha value is -2.38. The summed E-state index contributed by atoms with van der Waals surface area (Å²) in [7, 11) is 1.67. The predicted molar refractivity (Wildman–Crippen MR) is 119 cm³/mol. The summed E-state index contributed by atoms with van der Waals surface area (Å²) in [5.41, 5.74) is 1.32. The number of hydrogen-bond acceptors (Lipinski definition) is 7. The fourth-order valence-electron chi connectivity index (χ4n) is 3.71. The maximum Gasteiger partial charge on any atom is 0.141 e. The van der Waals surface area contributed by atoms with Crippen molar-refractivity contribution < 1.29 is 9.47 Å². The molecule has 3 aromatic rings. The Morgan fingerprint density at radius 1 is 0.966 bits per heavy atom. The lowest BCUT2D eigenvalue weighted by molar-refractivity contribution is 0.200. The molecule has 29 heavy (non-hydrogen) atoms. The van der Waals surface area contributed by atoms with E-state index in [9.17, 15) is 0 Å². The lowest BCUT2D eigenvalue weighted by atomic mass is 10.2. The Labute approximate surface area is 176 Å². The summed E-state index contributed by atoms with van der Waals surface area (Å²) in [4.78, 5) is 16.8. The molecular formula is C22H28N4O2S. The summed E-state index contributed by atoms with van der Waals surface area (Å²) in [5, 5.41) is 1.23. The van der Waals surface area contributed by atoms with Crippen molar-refractivity contribution in [2.75, 3.05) is 51.3 Å². The first-order valence-corrected chi connectivity index (χ1v) is 10.9. The van der Waals surface area contributed by atoms with Crippen LogP contribution >= 0.6 is 11.3 Å². The number of nitrogens with zero attached hydrogens (tertiary/aromatic N) is 4. The highest BCUT2D eigenvalue weighted by Crippen LogP contribution is 2.35. The molecule has 0 amide bonds. The van der Waals surface area contributed by atoms with Gasteiger partial charge in [0.15, 0.2) is 0 Å². The van der Waals surface area contributed by atoms with Gasteiger partial charge in [0, 0.05) is 37.6 Å². The zero-order valence-electron chi connectivity index (χ0n) is 17.6. The first-order valence-electron chi connectivity index (χ1n) is 10.0. The third-order valence-corrected chi connectivity index (χ3v) is 6.63. The highest BCUT2D eigenvalue weighted by atomic mass is 32.1. The summed E-state index contributed by atoms with van der Waals surface area (Å²) in [5.74, 6) is 3.68. The summed E-state index contributed by atoms with van der Waals surface area (Å²) in [6.45, 7) is 11.9. The maximum absolute atomic E-state index is 5.88. The van der Waals surface area contributed by atoms with Crippen LogP contribution in [0.1, 0.15) is 16.3 Å². The molecule has 1 aromatic carbocycles. The highest BCUT2D eigenvalue weighted by Gasteiger charge is 2.22. The van der Waals surface area contributed by atoms with Crippen molar-refractivity contribution in [1.29, 1.82) is 0 Å². The van der Waals surface area contributed by atoms with Gasteiger partial charge in [-0.25, -0.2) is 9.97 Å². The van der Waals surface area contributed by atoms with Crippen LogP contribution in [0.5, 0.6) is 11.5 Å². The Morgan fingerprint density at radius 2 is 1.66 bits per heavy atom. The molecule has 7 heteroatoms. The van der Waals surface area contributed by atoms with E-state index < -0.39 is 0 Å². The lowest BCUT2D eigenvalue weighted by Crippen LogP contribution is -2.47. The Morgan fingerprint density at radius 3 is 2.34 bits per heavy atom. The van der Waals surface area contributed by atoms with E-state index in [2.05, 4.69) is 28.6 Å². The Kier molecular flexibility index (Phi) is 5.87. The van der Waals surface area contributed by atoms with E-state index in [-0.39, 0.29) is 0 Å². The van der Waals surface area contributed by atoms with Gasteiger partial charge in [-0.2, -0.15) is 0 Å². The number of methoxy groups -OCH3 is 1. The first-order chi connectivity index (χ1) is 14.0. The molecule has 0 saturated carbocycles. The highest BCUT2D eigenvalue weighted by molar-refractivity contribution is 7.18. The average molecular weight is 413 g/mol. The summed E-state index contributed by atoms with van der Waals surface area (Å²) in [6.07, 6.45) is 0. The van der Waals surface area contributed by atoms with E-state index in [1.807, 2.05) is 31.2 Å². The van der Waals surface area contributed by atoms with E-state index in [4.69, 9.17) is 14.5 Å². The third kappa shape index (κ3) is 4.31. The van der Waals surface area contributed by atoms with E-state index in [0.717, 1.165) is 60.7 Å². The molecule has 0 spiro atoms. The maximum atomic E-state index is 5.88. The van der Waals surface area contributed by atoms with Gasteiger partial charge in [-0.15, -0.1) is 11.3 Å². The number of fused-ring (bicyclic) bond motifs is 1. The summed E-state index contributed by atoms with van der Waals surface area (Å²) >= 11 is 1.77. The average Bonchev–Trinajstić information content (AvgIpc) is 3.02. The van der Waals surface area contributed by atoms with Crippen LogP contribution in [0.25, 0.3) is 10.2 Å². The van der Waals surface area contributed by atoms with Crippen LogP contribution in [0.15, 0.2) is 24.3 Å². The van der Waals surface area contributed by atoms with Crippen molar-refractivity contribution in [3.8, 4) is 11.5 Å². The number of hydrogen-bond donors (Lipinski definition) is 0. The molecule has 1 aliphatic rings. The van der Waals surface area contributed by atoms with Gasteiger partial charge in [0.2, 0.25) is 0 Å². The van der Waals surface area contributed by atoms with Crippen LogP contribution in [0.3, 0.4) is 0 Å². The quantitative estimate of drug-likeness (QED) is 0.613. The van der Waals surface area contributed by atoms with Gasteiger partial charge in [-0.3, -0.25) is 4.90 Å². The molecule has 1 saturated heterocycles. The van der Waals surface area contributed by atoms with Gasteiger partial charge < -0.3 is 14.4 Å². The monoisotopic (exact) mass is 412 g/mol. The summed E-state index contributed by atoms with van der Waals surface area (Å²) in [6, 6.07) is 7.74. The van der Waals surface area contributed by atoms with Crippen molar-refractivity contribution in [2.24, 2.45) is 0 Å². The van der Waals surface area contributed by atoms with E-state index in [1.54, 1.807) is 18.4 Å². The van der Waals surface area contributed by atoms with E-state index in [0.29, 0.717) is 6.61 Å². The molecule has 0 atom stereocenters. The van der Waals surface area contributed by atoms with Gasteiger partial charge in [-0.05, 0) is 50.6 Å². The number of aromatic nitrogens is 2. The SMILES string of the molecule is COc1ccc(OCCN2CCN(c3nc(C)nc4sc(C)c(C)c34)CC2)cc1. The van der Waals surface area contributed by atoms with Crippen molar-refractivity contribution in [3.63, 3.8) is 0 Å². The van der Waals surface area contributed by atoms with Gasteiger partial charge in [-0.1, -0.05) is 0 Å². The number of benzene rings is 1. The zero-order chi connectivity index (χ0) is 20.4. The second kappa shape index (κ2) is 8.55. The molecule has 1 aliphatic heterocycles. The van der Waals surface area contributed by atoms with E-state index in [1.165, 1.54) is 15.8 Å². The van der Waals surface area contributed by atoms with Gasteiger partial charge in [0.25, 0.3) is 0 Å². The van der Waals surface area contributed by atoms with Gasteiger partial charge in [0.05, 0.1) is 12.5 Å². The summed E-state index contributed by atoms with van der Waals surface area (Å²) < 4.78 is 11.1. The number of thiophene rings is 1. The molecular weight excluding hydrogens is 384 g/mol. The Balaban J connectivity index is 1.34. The van der Waals surface area contributed by atoms with Crippen LogP contribution in [0.2, 0.25) is 0 Å². The number of anilines is 1. The number of ether oxygens (including phenoxy) is 2.